The molecule has 6 nitrogen and oxygen atoms in total. The van der Waals surface area contributed by atoms with E-state index in [0.29, 0.717) is 22.9 Å². The number of aromatic amines is 1. The molecule has 0 radical (unpaired) electrons. The maximum atomic E-state index is 5.61. The number of benzene rings is 1. The Bertz CT molecular complexity index is 627. The molecule has 7 heteroatoms. The van der Waals surface area contributed by atoms with E-state index in [4.69, 9.17) is 27.4 Å². The molecule has 94 valence electrons. The lowest BCUT2D eigenvalue weighted by molar-refractivity contribution is 0.356. The highest BCUT2D eigenvalue weighted by Gasteiger charge is 2.13. The van der Waals surface area contributed by atoms with Crippen molar-refractivity contribution in [3.05, 3.63) is 23.0 Å². The summed E-state index contributed by atoms with van der Waals surface area (Å²) in [6, 6.07) is 5.45. The molecule has 0 bridgehead atoms. The molecular formula is C11H12N4O2S. The molecule has 0 aliphatic heterocycles. The fraction of sp³-hybridized carbons (Fsp3) is 0.182. The van der Waals surface area contributed by atoms with E-state index in [1.54, 1.807) is 20.3 Å². The van der Waals surface area contributed by atoms with Crippen molar-refractivity contribution >= 4 is 18.2 Å². The van der Waals surface area contributed by atoms with E-state index in [1.807, 2.05) is 12.1 Å². The van der Waals surface area contributed by atoms with Gasteiger partial charge in [0.05, 0.1) is 19.8 Å². The first kappa shape index (κ1) is 12.3. The molecular weight excluding hydrogens is 252 g/mol. The number of hydrogen-bond acceptors (Lipinski definition) is 6. The lowest BCUT2D eigenvalue weighted by Gasteiger charge is -2.11. The summed E-state index contributed by atoms with van der Waals surface area (Å²) in [7, 11) is 3.12. The summed E-state index contributed by atoms with van der Waals surface area (Å²) in [4.78, 5) is 10.8. The van der Waals surface area contributed by atoms with Crippen LogP contribution in [0.15, 0.2) is 18.2 Å². The zero-order valence-corrected chi connectivity index (χ0v) is 10.7. The minimum atomic E-state index is 0.172. The number of rotatable bonds is 3. The Morgan fingerprint density at radius 1 is 1.22 bits per heavy atom. The van der Waals surface area contributed by atoms with Gasteiger partial charge in [-0.3, -0.25) is 0 Å². The zero-order chi connectivity index (χ0) is 13.1. The number of nitrogens with one attached hydrogen (secondary N) is 1. The minimum absolute atomic E-state index is 0.172. The van der Waals surface area contributed by atoms with Gasteiger partial charge in [0.25, 0.3) is 0 Å². The Morgan fingerprint density at radius 3 is 2.61 bits per heavy atom. The monoisotopic (exact) mass is 264 g/mol. The van der Waals surface area contributed by atoms with E-state index in [2.05, 4.69) is 15.0 Å². The maximum Gasteiger partial charge on any atom is 0.224 e. The molecule has 0 aliphatic carbocycles. The molecule has 3 N–H and O–H groups in total. The highest BCUT2D eigenvalue weighted by Crippen LogP contribution is 2.36. The first-order chi connectivity index (χ1) is 8.65. The molecule has 2 rings (SSSR count). The predicted molar refractivity (Wildman–Crippen MR) is 70.2 cm³/mol. The quantitative estimate of drug-likeness (QED) is 0.822. The molecule has 0 aliphatic rings. The van der Waals surface area contributed by atoms with Crippen LogP contribution in [0.4, 0.5) is 5.95 Å². The molecule has 0 saturated heterocycles. The van der Waals surface area contributed by atoms with Crippen LogP contribution in [-0.4, -0.2) is 29.2 Å². The Kier molecular flexibility index (Phi) is 3.42. The lowest BCUT2D eigenvalue weighted by atomic mass is 10.1. The van der Waals surface area contributed by atoms with E-state index < -0.39 is 0 Å². The van der Waals surface area contributed by atoms with Crippen molar-refractivity contribution in [2.45, 2.75) is 0 Å². The molecule has 18 heavy (non-hydrogen) atoms. The van der Waals surface area contributed by atoms with Crippen LogP contribution in [0, 0.1) is 4.77 Å². The van der Waals surface area contributed by atoms with Gasteiger partial charge in [0.15, 0.2) is 11.5 Å². The molecule has 0 spiro atoms. The van der Waals surface area contributed by atoms with Gasteiger partial charge < -0.3 is 20.2 Å². The molecule has 1 aromatic carbocycles. The minimum Gasteiger partial charge on any atom is -0.493 e. The van der Waals surface area contributed by atoms with Crippen molar-refractivity contribution in [1.82, 2.24) is 15.0 Å². The third-order valence-electron chi connectivity index (χ3n) is 2.33. The average molecular weight is 264 g/mol. The second-order valence-corrected chi connectivity index (χ2v) is 3.77. The van der Waals surface area contributed by atoms with Gasteiger partial charge in [0.2, 0.25) is 10.7 Å². The summed E-state index contributed by atoms with van der Waals surface area (Å²) in [6.45, 7) is 0. The number of nitrogens with zero attached hydrogens (tertiary/aromatic N) is 2. The fourth-order valence-electron chi connectivity index (χ4n) is 1.60. The van der Waals surface area contributed by atoms with Crippen LogP contribution >= 0.6 is 12.2 Å². The molecule has 0 unspecified atom stereocenters. The number of hydrogen-bond donors (Lipinski definition) is 2. The SMILES string of the molecule is COc1cccc(-c2nc(=S)nc(N)[nH]2)c1OC. The van der Waals surface area contributed by atoms with Gasteiger partial charge in [-0.1, -0.05) is 6.07 Å². The lowest BCUT2D eigenvalue weighted by Crippen LogP contribution is -2.01. The van der Waals surface area contributed by atoms with Gasteiger partial charge in [-0.25, -0.2) is 4.98 Å². The summed E-state index contributed by atoms with van der Waals surface area (Å²) >= 11 is 4.93. The topological polar surface area (TPSA) is 86.0 Å². The molecule has 0 amide bonds. The highest BCUT2D eigenvalue weighted by molar-refractivity contribution is 7.71. The van der Waals surface area contributed by atoms with Crippen LogP contribution in [0.5, 0.6) is 11.5 Å². The highest BCUT2D eigenvalue weighted by atomic mass is 32.1. The van der Waals surface area contributed by atoms with E-state index in [9.17, 15) is 0 Å². The molecule has 2 aromatic rings. The van der Waals surface area contributed by atoms with Crippen LogP contribution in [-0.2, 0) is 0 Å². The molecule has 0 atom stereocenters. The number of ether oxygens (including phenoxy) is 2. The van der Waals surface area contributed by atoms with Crippen molar-refractivity contribution < 1.29 is 9.47 Å². The Hall–Kier alpha value is -2.15. The van der Waals surface area contributed by atoms with E-state index >= 15 is 0 Å². The average Bonchev–Trinajstić information content (AvgIpc) is 2.36. The smallest absolute Gasteiger partial charge is 0.224 e. The van der Waals surface area contributed by atoms with Gasteiger partial charge in [-0.05, 0) is 24.4 Å². The van der Waals surface area contributed by atoms with Gasteiger partial charge in [0.1, 0.15) is 5.82 Å². The number of aromatic nitrogens is 3. The number of anilines is 1. The second-order valence-electron chi connectivity index (χ2n) is 3.41. The van der Waals surface area contributed by atoms with Crippen LogP contribution in [0.25, 0.3) is 11.4 Å². The number of para-hydroxylation sites is 1. The summed E-state index contributed by atoms with van der Waals surface area (Å²) in [5, 5.41) is 0. The largest absolute Gasteiger partial charge is 0.493 e. The van der Waals surface area contributed by atoms with E-state index in [0.717, 1.165) is 0 Å². The van der Waals surface area contributed by atoms with Crippen molar-refractivity contribution in [2.75, 3.05) is 20.0 Å². The fourth-order valence-corrected chi connectivity index (χ4v) is 1.79. The van der Waals surface area contributed by atoms with Gasteiger partial charge in [-0.15, -0.1) is 0 Å². The standard InChI is InChI=1S/C11H12N4O2S/c1-16-7-5-3-4-6(8(7)17-2)9-13-10(12)15-11(18)14-9/h3-5H,1-2H3,(H3,12,13,14,15,18). The number of nitrogen functional groups attached to an aromatic ring is 1. The molecule has 0 saturated carbocycles. The zero-order valence-electron chi connectivity index (χ0n) is 9.93. The summed E-state index contributed by atoms with van der Waals surface area (Å²) in [5.41, 5.74) is 6.32. The van der Waals surface area contributed by atoms with Gasteiger partial charge in [0, 0.05) is 0 Å². The van der Waals surface area contributed by atoms with Gasteiger partial charge in [-0.2, -0.15) is 4.98 Å². The van der Waals surface area contributed by atoms with Crippen molar-refractivity contribution in [2.24, 2.45) is 0 Å². The Labute approximate surface area is 109 Å². The normalized spacial score (nSPS) is 10.1. The van der Waals surface area contributed by atoms with Gasteiger partial charge >= 0.3 is 0 Å². The van der Waals surface area contributed by atoms with Crippen molar-refractivity contribution in [1.29, 1.82) is 0 Å². The predicted octanol–water partition coefficient (Wildman–Crippen LogP) is 1.80. The van der Waals surface area contributed by atoms with E-state index in [1.165, 1.54) is 0 Å². The molecule has 1 heterocycles. The molecule has 0 fully saturated rings. The first-order valence-electron chi connectivity index (χ1n) is 5.11. The number of H-pyrrole nitrogens is 1. The number of methoxy groups -OCH3 is 2. The summed E-state index contributed by atoms with van der Waals surface area (Å²) < 4.78 is 10.7. The third kappa shape index (κ3) is 2.25. The number of nitrogens with two attached hydrogens (primary N) is 1. The van der Waals surface area contributed by atoms with Crippen molar-refractivity contribution in [3.63, 3.8) is 0 Å². The van der Waals surface area contributed by atoms with Crippen LogP contribution in [0.1, 0.15) is 0 Å². The van der Waals surface area contributed by atoms with E-state index in [-0.39, 0.29) is 10.7 Å². The maximum absolute atomic E-state index is 5.61. The van der Waals surface area contributed by atoms with Crippen LogP contribution in [0.2, 0.25) is 0 Å². The summed E-state index contributed by atoms with van der Waals surface area (Å²) in [5.74, 6) is 1.85. The summed E-state index contributed by atoms with van der Waals surface area (Å²) in [6.07, 6.45) is 0. The molecule has 1 aromatic heterocycles. The third-order valence-corrected chi connectivity index (χ3v) is 2.51. The Morgan fingerprint density at radius 2 is 2.00 bits per heavy atom. The second kappa shape index (κ2) is 5.01. The Balaban J connectivity index is 2.66. The van der Waals surface area contributed by atoms with Crippen LogP contribution < -0.4 is 15.2 Å². The first-order valence-corrected chi connectivity index (χ1v) is 5.51. The van der Waals surface area contributed by atoms with Crippen LogP contribution in [0.3, 0.4) is 0 Å². The van der Waals surface area contributed by atoms with Crippen molar-refractivity contribution in [3.8, 4) is 22.9 Å².